The van der Waals surface area contributed by atoms with E-state index in [0.29, 0.717) is 11.8 Å². The van der Waals surface area contributed by atoms with E-state index in [1.54, 1.807) is 7.11 Å². The molecule has 0 aliphatic rings. The van der Waals surface area contributed by atoms with Crippen LogP contribution in [-0.4, -0.2) is 21.9 Å². The standard InChI is InChI=1S/C10H18ClN3O/c1-7(2)6-14-9(5-11)12-13-10(14)8(3)15-4/h7-8H,5-6H2,1-4H3. The minimum absolute atomic E-state index is 0.0479. The van der Waals surface area contributed by atoms with E-state index in [4.69, 9.17) is 16.3 Å². The molecular formula is C10H18ClN3O. The monoisotopic (exact) mass is 231 g/mol. The lowest BCUT2D eigenvalue weighted by Crippen LogP contribution is -2.14. The number of ether oxygens (including phenoxy) is 1. The largest absolute Gasteiger partial charge is 0.374 e. The van der Waals surface area contributed by atoms with E-state index < -0.39 is 0 Å². The van der Waals surface area contributed by atoms with Gasteiger partial charge in [-0.3, -0.25) is 0 Å². The van der Waals surface area contributed by atoms with Gasteiger partial charge in [0.15, 0.2) is 5.82 Å². The van der Waals surface area contributed by atoms with Crippen LogP contribution in [0.2, 0.25) is 0 Å². The zero-order valence-corrected chi connectivity index (χ0v) is 10.5. The normalized spacial score (nSPS) is 13.5. The molecule has 1 aromatic heterocycles. The van der Waals surface area contributed by atoms with Crippen LogP contribution in [0.15, 0.2) is 0 Å². The molecule has 5 heteroatoms. The number of hydrogen-bond acceptors (Lipinski definition) is 3. The number of hydrogen-bond donors (Lipinski definition) is 0. The van der Waals surface area contributed by atoms with Crippen molar-refractivity contribution in [3.05, 3.63) is 11.6 Å². The van der Waals surface area contributed by atoms with Gasteiger partial charge in [0.2, 0.25) is 0 Å². The summed E-state index contributed by atoms with van der Waals surface area (Å²) in [6, 6.07) is 0. The Balaban J connectivity index is 2.99. The van der Waals surface area contributed by atoms with Gasteiger partial charge in [-0.2, -0.15) is 0 Å². The number of methoxy groups -OCH3 is 1. The van der Waals surface area contributed by atoms with Gasteiger partial charge in [0.25, 0.3) is 0 Å². The first-order chi connectivity index (χ1) is 7.10. The van der Waals surface area contributed by atoms with Crippen LogP contribution in [0.25, 0.3) is 0 Å². The molecule has 86 valence electrons. The van der Waals surface area contributed by atoms with Gasteiger partial charge in [0.05, 0.1) is 5.88 Å². The summed E-state index contributed by atoms with van der Waals surface area (Å²) in [5.41, 5.74) is 0. The number of halogens is 1. The van der Waals surface area contributed by atoms with E-state index in [1.807, 2.05) is 11.5 Å². The summed E-state index contributed by atoms with van der Waals surface area (Å²) in [5.74, 6) is 2.58. The van der Waals surface area contributed by atoms with Crippen molar-refractivity contribution in [2.45, 2.75) is 39.3 Å². The van der Waals surface area contributed by atoms with Gasteiger partial charge in [-0.25, -0.2) is 0 Å². The summed E-state index contributed by atoms with van der Waals surface area (Å²) in [7, 11) is 1.67. The third-order valence-corrected chi connectivity index (χ3v) is 2.48. The Labute approximate surface area is 95.6 Å². The van der Waals surface area contributed by atoms with Crippen molar-refractivity contribution in [2.75, 3.05) is 7.11 Å². The van der Waals surface area contributed by atoms with E-state index >= 15 is 0 Å². The molecule has 0 bridgehead atoms. The molecule has 0 saturated heterocycles. The van der Waals surface area contributed by atoms with E-state index in [9.17, 15) is 0 Å². The van der Waals surface area contributed by atoms with Gasteiger partial charge < -0.3 is 9.30 Å². The molecular weight excluding hydrogens is 214 g/mol. The van der Waals surface area contributed by atoms with Crippen molar-refractivity contribution in [1.29, 1.82) is 0 Å². The minimum atomic E-state index is -0.0479. The third kappa shape index (κ3) is 2.92. The van der Waals surface area contributed by atoms with E-state index in [1.165, 1.54) is 0 Å². The van der Waals surface area contributed by atoms with E-state index in [-0.39, 0.29) is 6.10 Å². The first-order valence-electron chi connectivity index (χ1n) is 5.10. The summed E-state index contributed by atoms with van der Waals surface area (Å²) >= 11 is 5.81. The molecule has 4 nitrogen and oxygen atoms in total. The Hall–Kier alpha value is -0.610. The molecule has 0 aromatic carbocycles. The minimum Gasteiger partial charge on any atom is -0.374 e. The van der Waals surface area contributed by atoms with Crippen LogP contribution < -0.4 is 0 Å². The second-order valence-corrected chi connectivity index (χ2v) is 4.26. The number of nitrogens with zero attached hydrogens (tertiary/aromatic N) is 3. The molecule has 1 atom stereocenters. The summed E-state index contributed by atoms with van der Waals surface area (Å²) in [5, 5.41) is 8.17. The predicted molar refractivity (Wildman–Crippen MR) is 59.8 cm³/mol. The highest BCUT2D eigenvalue weighted by Crippen LogP contribution is 2.17. The second kappa shape index (κ2) is 5.47. The van der Waals surface area contributed by atoms with Crippen LogP contribution in [0, 0.1) is 5.92 Å². The van der Waals surface area contributed by atoms with Crippen LogP contribution in [-0.2, 0) is 17.2 Å². The predicted octanol–water partition coefficient (Wildman–Crippen LogP) is 2.38. The fraction of sp³-hybridized carbons (Fsp3) is 0.800. The van der Waals surface area contributed by atoms with E-state index in [2.05, 4.69) is 24.0 Å². The molecule has 0 aliphatic carbocycles. The third-order valence-electron chi connectivity index (χ3n) is 2.24. The van der Waals surface area contributed by atoms with Crippen LogP contribution in [0.1, 0.15) is 38.5 Å². The van der Waals surface area contributed by atoms with Crippen LogP contribution in [0.5, 0.6) is 0 Å². The first-order valence-corrected chi connectivity index (χ1v) is 5.64. The van der Waals surface area contributed by atoms with Gasteiger partial charge in [0.1, 0.15) is 11.9 Å². The fourth-order valence-corrected chi connectivity index (χ4v) is 1.62. The maximum atomic E-state index is 5.81. The van der Waals surface area contributed by atoms with Crippen molar-refractivity contribution in [2.24, 2.45) is 5.92 Å². The molecule has 0 fully saturated rings. The number of alkyl halides is 1. The Morgan fingerprint density at radius 1 is 1.33 bits per heavy atom. The first kappa shape index (κ1) is 12.5. The summed E-state index contributed by atoms with van der Waals surface area (Å²) in [6.45, 7) is 7.13. The SMILES string of the molecule is COC(C)c1nnc(CCl)n1CC(C)C. The Bertz CT molecular complexity index is 312. The quantitative estimate of drug-likeness (QED) is 0.731. The van der Waals surface area contributed by atoms with Gasteiger partial charge >= 0.3 is 0 Å². The van der Waals surface area contributed by atoms with Gasteiger partial charge in [-0.05, 0) is 12.8 Å². The Morgan fingerprint density at radius 2 is 2.00 bits per heavy atom. The second-order valence-electron chi connectivity index (χ2n) is 3.99. The Kier molecular flexibility index (Phi) is 4.54. The Morgan fingerprint density at radius 3 is 2.47 bits per heavy atom. The van der Waals surface area contributed by atoms with Crippen molar-refractivity contribution in [3.63, 3.8) is 0 Å². The van der Waals surface area contributed by atoms with Crippen molar-refractivity contribution in [3.8, 4) is 0 Å². The molecule has 0 N–H and O–H groups in total. The lowest BCUT2D eigenvalue weighted by atomic mass is 10.2. The maximum absolute atomic E-state index is 5.81. The lowest BCUT2D eigenvalue weighted by molar-refractivity contribution is 0.107. The lowest BCUT2D eigenvalue weighted by Gasteiger charge is -2.14. The molecule has 1 heterocycles. The summed E-state index contributed by atoms with van der Waals surface area (Å²) in [4.78, 5) is 0. The van der Waals surface area contributed by atoms with Crippen LogP contribution >= 0.6 is 11.6 Å². The number of aromatic nitrogens is 3. The van der Waals surface area contributed by atoms with Crippen LogP contribution in [0.4, 0.5) is 0 Å². The zero-order valence-electron chi connectivity index (χ0n) is 9.70. The van der Waals surface area contributed by atoms with Crippen LogP contribution in [0.3, 0.4) is 0 Å². The summed E-state index contributed by atoms with van der Waals surface area (Å²) in [6.07, 6.45) is -0.0479. The average molecular weight is 232 g/mol. The topological polar surface area (TPSA) is 39.9 Å². The van der Waals surface area contributed by atoms with E-state index in [0.717, 1.165) is 18.2 Å². The van der Waals surface area contributed by atoms with Gasteiger partial charge in [-0.1, -0.05) is 13.8 Å². The molecule has 1 rings (SSSR count). The molecule has 0 aliphatic heterocycles. The summed E-state index contributed by atoms with van der Waals surface area (Å²) < 4.78 is 7.30. The van der Waals surface area contributed by atoms with Gasteiger partial charge in [-0.15, -0.1) is 21.8 Å². The molecule has 0 saturated carbocycles. The van der Waals surface area contributed by atoms with Crippen molar-refractivity contribution in [1.82, 2.24) is 14.8 Å². The highest BCUT2D eigenvalue weighted by molar-refractivity contribution is 6.16. The fourth-order valence-electron chi connectivity index (χ4n) is 1.42. The smallest absolute Gasteiger partial charge is 0.161 e. The molecule has 1 aromatic rings. The molecule has 1 unspecified atom stereocenters. The number of rotatable bonds is 5. The molecule has 15 heavy (non-hydrogen) atoms. The maximum Gasteiger partial charge on any atom is 0.161 e. The molecule has 0 amide bonds. The average Bonchev–Trinajstić information content (AvgIpc) is 2.59. The van der Waals surface area contributed by atoms with Crippen molar-refractivity contribution >= 4 is 11.6 Å². The zero-order chi connectivity index (χ0) is 11.4. The van der Waals surface area contributed by atoms with Gasteiger partial charge in [0, 0.05) is 13.7 Å². The van der Waals surface area contributed by atoms with Crippen molar-refractivity contribution < 1.29 is 4.74 Å². The molecule has 0 spiro atoms. The highest BCUT2D eigenvalue weighted by atomic mass is 35.5. The molecule has 0 radical (unpaired) electrons. The highest BCUT2D eigenvalue weighted by Gasteiger charge is 2.17.